The molecule has 0 aromatic carbocycles. The predicted octanol–water partition coefficient (Wildman–Crippen LogP) is 2.19. The van der Waals surface area contributed by atoms with Gasteiger partial charge in [0.2, 0.25) is 5.91 Å². The van der Waals surface area contributed by atoms with E-state index >= 15 is 0 Å². The molecular weight excluding hydrogens is 276 g/mol. The van der Waals surface area contributed by atoms with Crippen LogP contribution >= 0.6 is 0 Å². The molecule has 0 radical (unpaired) electrons. The van der Waals surface area contributed by atoms with Gasteiger partial charge in [0.1, 0.15) is 0 Å². The van der Waals surface area contributed by atoms with Crippen molar-refractivity contribution in [3.05, 3.63) is 0 Å². The van der Waals surface area contributed by atoms with Crippen LogP contribution in [-0.2, 0) is 4.79 Å². The number of hydrogen-bond acceptors (Lipinski definition) is 4. The summed E-state index contributed by atoms with van der Waals surface area (Å²) in [6, 6.07) is 0.653. The molecule has 3 atom stereocenters. The lowest BCUT2D eigenvalue weighted by Crippen LogP contribution is -2.53. The summed E-state index contributed by atoms with van der Waals surface area (Å²) in [5.41, 5.74) is -0.339. The van der Waals surface area contributed by atoms with E-state index in [0.29, 0.717) is 31.2 Å². The van der Waals surface area contributed by atoms with Gasteiger partial charge in [-0.15, -0.1) is 12.3 Å². The number of terminal acetylenes is 1. The Morgan fingerprint density at radius 3 is 2.86 bits per heavy atom. The van der Waals surface area contributed by atoms with E-state index in [-0.39, 0.29) is 11.6 Å². The number of carbonyl (C=O) groups excluding carboxylic acids is 1. The van der Waals surface area contributed by atoms with E-state index in [0.717, 1.165) is 18.9 Å². The summed E-state index contributed by atoms with van der Waals surface area (Å²) in [7, 11) is 2.22. The Kier molecular flexibility index (Phi) is 4.49. The molecule has 2 saturated heterocycles. The van der Waals surface area contributed by atoms with Gasteiger partial charge in [-0.25, -0.2) is 0 Å². The van der Waals surface area contributed by atoms with Crippen LogP contribution in [0, 0.1) is 24.2 Å². The molecule has 2 bridgehead atoms. The minimum Gasteiger partial charge on any atom is -0.356 e. The van der Waals surface area contributed by atoms with E-state index in [9.17, 15) is 4.79 Å². The molecule has 4 rings (SSSR count). The largest absolute Gasteiger partial charge is 0.356 e. The van der Waals surface area contributed by atoms with Crippen molar-refractivity contribution in [1.29, 1.82) is 0 Å². The molecule has 3 fully saturated rings. The monoisotopic (exact) mass is 302 g/mol. The summed E-state index contributed by atoms with van der Waals surface area (Å²) in [6.07, 6.45) is 11.8. The van der Waals surface area contributed by atoms with E-state index in [1.165, 1.54) is 25.8 Å². The lowest BCUT2D eigenvalue weighted by molar-refractivity contribution is -0.122. The van der Waals surface area contributed by atoms with Crippen molar-refractivity contribution in [2.24, 2.45) is 22.1 Å². The van der Waals surface area contributed by atoms with Crippen LogP contribution in [0.2, 0.25) is 0 Å². The number of amides is 1. The van der Waals surface area contributed by atoms with Crippen LogP contribution in [0.3, 0.4) is 0 Å². The topological polar surface area (TPSA) is 57.1 Å². The predicted molar refractivity (Wildman–Crippen MR) is 85.1 cm³/mol. The van der Waals surface area contributed by atoms with Gasteiger partial charge < -0.3 is 10.2 Å². The number of nitrogens with zero attached hydrogens (tertiary/aromatic N) is 3. The first-order chi connectivity index (χ1) is 10.6. The van der Waals surface area contributed by atoms with Crippen LogP contribution in [-0.4, -0.2) is 42.6 Å². The van der Waals surface area contributed by atoms with Crippen molar-refractivity contribution in [1.82, 2.24) is 10.2 Å². The summed E-state index contributed by atoms with van der Waals surface area (Å²) in [4.78, 5) is 14.6. The highest BCUT2D eigenvalue weighted by atomic mass is 16.1. The van der Waals surface area contributed by atoms with Crippen molar-refractivity contribution in [2.45, 2.75) is 56.7 Å². The van der Waals surface area contributed by atoms with E-state index in [4.69, 9.17) is 6.42 Å². The maximum absolute atomic E-state index is 12.1. The van der Waals surface area contributed by atoms with E-state index in [1.54, 1.807) is 0 Å². The molecule has 1 N–H and O–H groups in total. The molecule has 5 heteroatoms. The summed E-state index contributed by atoms with van der Waals surface area (Å²) < 4.78 is 0. The Hall–Kier alpha value is -1.41. The molecule has 4 aliphatic rings. The highest BCUT2D eigenvalue weighted by Crippen LogP contribution is 2.38. The smallest absolute Gasteiger partial charge is 0.220 e. The van der Waals surface area contributed by atoms with Crippen molar-refractivity contribution in [3.63, 3.8) is 0 Å². The SMILES string of the molecule is C#CCCC1(CCC(=O)NCC2CC3CCC2N(C)C3)N=N1. The second kappa shape index (κ2) is 6.37. The third-order valence-corrected chi connectivity index (χ3v) is 5.53. The highest BCUT2D eigenvalue weighted by Gasteiger charge is 2.40. The molecular formula is C17H26N4O. The molecule has 0 aromatic heterocycles. The lowest BCUT2D eigenvalue weighted by atomic mass is 9.73. The molecule has 22 heavy (non-hydrogen) atoms. The minimum atomic E-state index is -0.339. The van der Waals surface area contributed by atoms with Crippen molar-refractivity contribution in [2.75, 3.05) is 20.1 Å². The van der Waals surface area contributed by atoms with Crippen molar-refractivity contribution < 1.29 is 4.79 Å². The molecule has 3 aliphatic heterocycles. The fourth-order valence-corrected chi connectivity index (χ4v) is 4.17. The molecule has 1 saturated carbocycles. The Morgan fingerprint density at radius 2 is 2.23 bits per heavy atom. The standard InChI is InChI=1S/C17H26N4O/c1-3-4-8-17(19-20-17)9-7-16(22)18-11-14-10-13-5-6-15(14)21(2)12-13/h1,13-15H,4-12H2,2H3,(H,18,22). The van der Waals surface area contributed by atoms with Gasteiger partial charge in [-0.05, 0) is 38.1 Å². The molecule has 1 aliphatic carbocycles. The molecule has 1 amide bonds. The second-order valence-electron chi connectivity index (χ2n) is 7.14. The Balaban J connectivity index is 1.37. The number of carbonyl (C=O) groups is 1. The molecule has 120 valence electrons. The Bertz CT molecular complexity index is 489. The van der Waals surface area contributed by atoms with Gasteiger partial charge in [0.25, 0.3) is 0 Å². The summed E-state index contributed by atoms with van der Waals surface area (Å²) in [6.45, 7) is 2.05. The zero-order chi connectivity index (χ0) is 15.6. The maximum Gasteiger partial charge on any atom is 0.220 e. The fourth-order valence-electron chi connectivity index (χ4n) is 4.17. The summed E-state index contributed by atoms with van der Waals surface area (Å²) >= 11 is 0. The van der Waals surface area contributed by atoms with E-state index in [1.807, 2.05) is 0 Å². The lowest BCUT2D eigenvalue weighted by Gasteiger charge is -2.48. The van der Waals surface area contributed by atoms with Gasteiger partial charge in [-0.1, -0.05) is 0 Å². The highest BCUT2D eigenvalue weighted by molar-refractivity contribution is 5.76. The van der Waals surface area contributed by atoms with Gasteiger partial charge in [0, 0.05) is 44.8 Å². The first-order valence-corrected chi connectivity index (χ1v) is 8.46. The maximum atomic E-state index is 12.1. The number of nitrogens with one attached hydrogen (secondary N) is 1. The summed E-state index contributed by atoms with van der Waals surface area (Å²) in [5, 5.41) is 11.3. The molecule has 5 nitrogen and oxygen atoms in total. The van der Waals surface area contributed by atoms with Gasteiger partial charge in [-0.2, -0.15) is 10.2 Å². The minimum absolute atomic E-state index is 0.126. The molecule has 3 heterocycles. The van der Waals surface area contributed by atoms with Gasteiger partial charge >= 0.3 is 0 Å². The van der Waals surface area contributed by atoms with Gasteiger partial charge in [0.05, 0.1) is 0 Å². The number of rotatable bonds is 7. The van der Waals surface area contributed by atoms with Crippen molar-refractivity contribution >= 4 is 5.91 Å². The normalized spacial score (nSPS) is 31.7. The molecule has 0 aromatic rings. The number of hydrogen-bond donors (Lipinski definition) is 1. The van der Waals surface area contributed by atoms with Gasteiger partial charge in [-0.3, -0.25) is 4.79 Å². The van der Waals surface area contributed by atoms with Gasteiger partial charge in [0.15, 0.2) is 5.66 Å². The fraction of sp³-hybridized carbons (Fsp3) is 0.824. The van der Waals surface area contributed by atoms with Crippen LogP contribution in [0.5, 0.6) is 0 Å². The van der Waals surface area contributed by atoms with Crippen molar-refractivity contribution in [3.8, 4) is 12.3 Å². The molecule has 3 unspecified atom stereocenters. The first kappa shape index (κ1) is 15.5. The molecule has 0 spiro atoms. The van der Waals surface area contributed by atoms with Crippen LogP contribution in [0.25, 0.3) is 0 Å². The quantitative estimate of drug-likeness (QED) is 0.733. The van der Waals surface area contributed by atoms with E-state index in [2.05, 4.69) is 33.4 Å². The Morgan fingerprint density at radius 1 is 1.41 bits per heavy atom. The number of fused-ring (bicyclic) bond motifs is 3. The second-order valence-corrected chi connectivity index (χ2v) is 7.14. The van der Waals surface area contributed by atoms with E-state index < -0.39 is 0 Å². The Labute approximate surface area is 132 Å². The first-order valence-electron chi connectivity index (χ1n) is 8.46. The third-order valence-electron chi connectivity index (χ3n) is 5.53. The zero-order valence-electron chi connectivity index (χ0n) is 13.4. The van der Waals surface area contributed by atoms with Crippen LogP contribution in [0.4, 0.5) is 0 Å². The number of piperidine rings is 2. The zero-order valence-corrected chi connectivity index (χ0v) is 13.4. The van der Waals surface area contributed by atoms with Crippen LogP contribution in [0.15, 0.2) is 10.2 Å². The van der Waals surface area contributed by atoms with Crippen LogP contribution in [0.1, 0.15) is 44.9 Å². The average molecular weight is 302 g/mol. The van der Waals surface area contributed by atoms with Crippen LogP contribution < -0.4 is 5.32 Å². The summed E-state index contributed by atoms with van der Waals surface area (Å²) in [5.74, 6) is 4.18. The average Bonchev–Trinajstić information content (AvgIpc) is 3.30. The third kappa shape index (κ3) is 3.49.